The average Bonchev–Trinajstić information content (AvgIpc) is 3.04. The Morgan fingerprint density at radius 2 is 1.87 bits per heavy atom. The quantitative estimate of drug-likeness (QED) is 0.403. The molecule has 0 bridgehead atoms. The molecular formula is C24H32N4O2S. The van der Waals surface area contributed by atoms with Crippen molar-refractivity contribution in [2.24, 2.45) is 5.92 Å². The molecule has 0 spiro atoms. The second kappa shape index (κ2) is 10.2. The molecule has 1 amide bonds. The molecule has 0 aliphatic rings. The molecule has 0 aliphatic carbocycles. The molecule has 2 heterocycles. The molecule has 1 atom stereocenters. The zero-order valence-corrected chi connectivity index (χ0v) is 19.8. The highest BCUT2D eigenvalue weighted by Crippen LogP contribution is 2.20. The summed E-state index contributed by atoms with van der Waals surface area (Å²) in [5.41, 5.74) is 3.19. The topological polar surface area (TPSA) is 68.9 Å². The fourth-order valence-electron chi connectivity index (χ4n) is 3.80. The third-order valence-corrected chi connectivity index (χ3v) is 6.00. The van der Waals surface area contributed by atoms with Crippen molar-refractivity contribution in [2.45, 2.75) is 64.8 Å². The average molecular weight is 441 g/mol. The molecular weight excluding hydrogens is 408 g/mol. The molecule has 3 aromatic rings. The number of hydrogen-bond acceptors (Lipinski definition) is 4. The van der Waals surface area contributed by atoms with Gasteiger partial charge in [0.05, 0.1) is 5.52 Å². The lowest BCUT2D eigenvalue weighted by atomic mass is 10.1. The molecule has 1 N–H and O–H groups in total. The zero-order chi connectivity index (χ0) is 22.5. The van der Waals surface area contributed by atoms with Gasteiger partial charge >= 0.3 is 0 Å². The Labute approximate surface area is 188 Å². The number of fused-ring (bicyclic) bond motifs is 1. The molecule has 3 rings (SSSR count). The Kier molecular flexibility index (Phi) is 7.59. The van der Waals surface area contributed by atoms with Crippen molar-refractivity contribution >= 4 is 28.7 Å². The SMILES string of the molecule is CSc1nc2cc(C)n(CC(=O)N[C@H](C)CCc3ccccc3)c2c(=O)n1CC(C)C. The van der Waals surface area contributed by atoms with Gasteiger partial charge in [-0.3, -0.25) is 14.2 Å². The maximum absolute atomic E-state index is 13.3. The van der Waals surface area contributed by atoms with Crippen LogP contribution in [0.2, 0.25) is 0 Å². The second-order valence-electron chi connectivity index (χ2n) is 8.51. The molecule has 2 aromatic heterocycles. The maximum atomic E-state index is 13.3. The van der Waals surface area contributed by atoms with Crippen LogP contribution in [0.25, 0.3) is 11.0 Å². The molecule has 31 heavy (non-hydrogen) atoms. The van der Waals surface area contributed by atoms with Crippen LogP contribution in [0.4, 0.5) is 0 Å². The van der Waals surface area contributed by atoms with E-state index < -0.39 is 0 Å². The smallest absolute Gasteiger partial charge is 0.278 e. The van der Waals surface area contributed by atoms with Crippen LogP contribution in [0.3, 0.4) is 0 Å². The van der Waals surface area contributed by atoms with Gasteiger partial charge in [-0.15, -0.1) is 0 Å². The minimum Gasteiger partial charge on any atom is -0.352 e. The van der Waals surface area contributed by atoms with Gasteiger partial charge < -0.3 is 9.88 Å². The summed E-state index contributed by atoms with van der Waals surface area (Å²) >= 11 is 1.47. The van der Waals surface area contributed by atoms with E-state index in [1.165, 1.54) is 17.3 Å². The molecule has 0 aliphatic heterocycles. The highest BCUT2D eigenvalue weighted by atomic mass is 32.2. The van der Waals surface area contributed by atoms with Crippen molar-refractivity contribution in [3.8, 4) is 0 Å². The Bertz CT molecular complexity index is 1100. The first kappa shape index (κ1) is 23.1. The third-order valence-electron chi connectivity index (χ3n) is 5.33. The highest BCUT2D eigenvalue weighted by molar-refractivity contribution is 7.98. The number of benzene rings is 1. The summed E-state index contributed by atoms with van der Waals surface area (Å²) < 4.78 is 3.53. The van der Waals surface area contributed by atoms with Crippen molar-refractivity contribution in [3.05, 3.63) is 58.0 Å². The van der Waals surface area contributed by atoms with E-state index in [2.05, 4.69) is 31.3 Å². The summed E-state index contributed by atoms with van der Waals surface area (Å²) in [5.74, 6) is 0.228. The molecule has 6 nitrogen and oxygen atoms in total. The lowest BCUT2D eigenvalue weighted by Crippen LogP contribution is -2.36. The first-order chi connectivity index (χ1) is 14.8. The molecule has 0 radical (unpaired) electrons. The van der Waals surface area contributed by atoms with Gasteiger partial charge in [-0.2, -0.15) is 0 Å². The van der Waals surface area contributed by atoms with E-state index in [-0.39, 0.29) is 24.1 Å². The van der Waals surface area contributed by atoms with E-state index >= 15 is 0 Å². The molecule has 0 fully saturated rings. The first-order valence-corrected chi connectivity index (χ1v) is 12.0. The molecule has 0 saturated heterocycles. The number of rotatable bonds is 9. The van der Waals surface area contributed by atoms with Crippen molar-refractivity contribution in [3.63, 3.8) is 0 Å². The Balaban J connectivity index is 1.78. The van der Waals surface area contributed by atoms with Crippen LogP contribution in [0.1, 0.15) is 38.4 Å². The van der Waals surface area contributed by atoms with Crippen LogP contribution in [0, 0.1) is 12.8 Å². The highest BCUT2D eigenvalue weighted by Gasteiger charge is 2.19. The van der Waals surface area contributed by atoms with E-state index in [0.29, 0.717) is 28.7 Å². The minimum absolute atomic E-state index is 0.0497. The fraction of sp³-hybridized carbons (Fsp3) is 0.458. The normalized spacial score (nSPS) is 12.5. The van der Waals surface area contributed by atoms with Crippen molar-refractivity contribution in [1.29, 1.82) is 0 Å². The molecule has 0 saturated carbocycles. The largest absolute Gasteiger partial charge is 0.352 e. The number of hydrogen-bond donors (Lipinski definition) is 1. The Hall–Kier alpha value is -2.54. The number of carbonyl (C=O) groups is 1. The van der Waals surface area contributed by atoms with Gasteiger partial charge in [0.15, 0.2) is 5.16 Å². The summed E-state index contributed by atoms with van der Waals surface area (Å²) in [6, 6.07) is 12.2. The fourth-order valence-corrected chi connectivity index (χ4v) is 4.36. The maximum Gasteiger partial charge on any atom is 0.278 e. The van der Waals surface area contributed by atoms with Crippen LogP contribution >= 0.6 is 11.8 Å². The van der Waals surface area contributed by atoms with Crippen LogP contribution in [0.5, 0.6) is 0 Å². The van der Waals surface area contributed by atoms with Crippen molar-refractivity contribution < 1.29 is 4.79 Å². The summed E-state index contributed by atoms with van der Waals surface area (Å²) in [7, 11) is 0. The lowest BCUT2D eigenvalue weighted by Gasteiger charge is -2.16. The van der Waals surface area contributed by atoms with E-state index in [1.54, 1.807) is 9.13 Å². The number of nitrogens with one attached hydrogen (secondary N) is 1. The monoisotopic (exact) mass is 440 g/mol. The minimum atomic E-state index is -0.0927. The summed E-state index contributed by atoms with van der Waals surface area (Å²) in [6.07, 6.45) is 3.70. The van der Waals surface area contributed by atoms with Crippen LogP contribution < -0.4 is 10.9 Å². The van der Waals surface area contributed by atoms with Gasteiger partial charge in [0.1, 0.15) is 12.1 Å². The van der Waals surface area contributed by atoms with Gasteiger partial charge in [-0.05, 0) is 50.5 Å². The van der Waals surface area contributed by atoms with E-state index in [9.17, 15) is 9.59 Å². The van der Waals surface area contributed by atoms with E-state index in [1.807, 2.05) is 44.4 Å². The first-order valence-electron chi connectivity index (χ1n) is 10.8. The second-order valence-corrected chi connectivity index (χ2v) is 9.28. The zero-order valence-electron chi connectivity index (χ0n) is 19.0. The molecule has 0 unspecified atom stereocenters. The predicted octanol–water partition coefficient (Wildman–Crippen LogP) is 4.02. The van der Waals surface area contributed by atoms with Crippen LogP contribution in [-0.4, -0.2) is 32.3 Å². The van der Waals surface area contributed by atoms with Crippen LogP contribution in [0.15, 0.2) is 46.3 Å². The number of thioether (sulfide) groups is 1. The van der Waals surface area contributed by atoms with Gasteiger partial charge in [-0.25, -0.2) is 4.98 Å². The number of aromatic nitrogens is 3. The molecule has 1 aromatic carbocycles. The number of aryl methyl sites for hydroxylation is 2. The summed E-state index contributed by atoms with van der Waals surface area (Å²) in [6.45, 7) is 8.81. The Morgan fingerprint density at radius 3 is 2.52 bits per heavy atom. The summed E-state index contributed by atoms with van der Waals surface area (Å²) in [4.78, 5) is 30.8. The van der Waals surface area contributed by atoms with Gasteiger partial charge in [-0.1, -0.05) is 55.9 Å². The van der Waals surface area contributed by atoms with Crippen molar-refractivity contribution in [1.82, 2.24) is 19.4 Å². The molecule has 7 heteroatoms. The van der Waals surface area contributed by atoms with Gasteiger partial charge in [0.25, 0.3) is 5.56 Å². The lowest BCUT2D eigenvalue weighted by molar-refractivity contribution is -0.122. The molecule has 166 valence electrons. The Morgan fingerprint density at radius 1 is 1.16 bits per heavy atom. The van der Waals surface area contributed by atoms with E-state index in [0.717, 1.165) is 18.5 Å². The van der Waals surface area contributed by atoms with Crippen molar-refractivity contribution in [2.75, 3.05) is 6.26 Å². The van der Waals surface area contributed by atoms with Gasteiger partial charge in [0.2, 0.25) is 5.91 Å². The van der Waals surface area contributed by atoms with Crippen LogP contribution in [-0.2, 0) is 24.3 Å². The van der Waals surface area contributed by atoms with E-state index in [4.69, 9.17) is 4.98 Å². The standard InChI is InChI=1S/C24H32N4O2S/c1-16(2)14-28-23(30)22-20(26-24(28)31-5)13-18(4)27(22)15-21(29)25-17(3)11-12-19-9-7-6-8-10-19/h6-10,13,16-17H,11-12,14-15H2,1-5H3,(H,25,29)/t17-/m1/s1. The number of carbonyl (C=O) groups excluding carboxylic acids is 1. The van der Waals surface area contributed by atoms with Gasteiger partial charge in [0, 0.05) is 18.3 Å². The number of amides is 1. The number of nitrogens with zero attached hydrogens (tertiary/aromatic N) is 3. The predicted molar refractivity (Wildman–Crippen MR) is 128 cm³/mol. The third kappa shape index (κ3) is 5.58. The summed E-state index contributed by atoms with van der Waals surface area (Å²) in [5, 5.41) is 3.79.